The van der Waals surface area contributed by atoms with Gasteiger partial charge in [-0.25, -0.2) is 0 Å². The van der Waals surface area contributed by atoms with E-state index in [4.69, 9.17) is 4.42 Å². The lowest BCUT2D eigenvalue weighted by Gasteiger charge is -1.96. The Hall–Kier alpha value is -1.50. The summed E-state index contributed by atoms with van der Waals surface area (Å²) in [4.78, 5) is 0. The van der Waals surface area contributed by atoms with Gasteiger partial charge < -0.3 is 4.42 Å². The number of hydrogen-bond acceptors (Lipinski definition) is 1. The van der Waals surface area contributed by atoms with E-state index in [1.54, 1.807) is 6.26 Å². The molecule has 1 rings (SSSR count). The summed E-state index contributed by atoms with van der Waals surface area (Å²) in [5.41, 5.74) is 2.78. The summed E-state index contributed by atoms with van der Waals surface area (Å²) < 4.78 is 5.20. The van der Waals surface area contributed by atoms with E-state index in [0.717, 1.165) is 18.6 Å². The van der Waals surface area contributed by atoms with Crippen LogP contribution in [-0.4, -0.2) is 0 Å². The van der Waals surface area contributed by atoms with E-state index >= 15 is 0 Å². The van der Waals surface area contributed by atoms with Gasteiger partial charge >= 0.3 is 0 Å². The molecule has 0 aliphatic heterocycles. The van der Waals surface area contributed by atoms with E-state index in [9.17, 15) is 0 Å². The minimum atomic E-state index is 0.897. The summed E-state index contributed by atoms with van der Waals surface area (Å²) in [6.07, 6.45) is 12.4. The van der Waals surface area contributed by atoms with E-state index in [1.165, 1.54) is 11.1 Å². The highest BCUT2D eigenvalue weighted by Crippen LogP contribution is 2.08. The highest BCUT2D eigenvalue weighted by atomic mass is 16.3. The highest BCUT2D eigenvalue weighted by Gasteiger charge is 1.88. The van der Waals surface area contributed by atoms with Gasteiger partial charge in [0, 0.05) is 0 Å². The van der Waals surface area contributed by atoms with Gasteiger partial charge in [-0.15, -0.1) is 0 Å². The van der Waals surface area contributed by atoms with Crippen molar-refractivity contribution in [3.8, 4) is 0 Å². The molecule has 86 valence electrons. The molecule has 0 atom stereocenters. The minimum Gasteiger partial charge on any atom is -0.465 e. The van der Waals surface area contributed by atoms with Crippen LogP contribution in [0.3, 0.4) is 0 Å². The fraction of sp³-hybridized carbons (Fsp3) is 0.333. The summed E-state index contributed by atoms with van der Waals surface area (Å²) in [7, 11) is 0. The summed E-state index contributed by atoms with van der Waals surface area (Å²) in [5.74, 6) is 0.897. The molecule has 0 saturated carbocycles. The van der Waals surface area contributed by atoms with Crippen molar-refractivity contribution >= 4 is 6.08 Å². The third kappa shape index (κ3) is 5.40. The molecule has 0 bridgehead atoms. The van der Waals surface area contributed by atoms with Crippen LogP contribution < -0.4 is 0 Å². The van der Waals surface area contributed by atoms with Crippen LogP contribution in [0.2, 0.25) is 0 Å². The molecular formula is C15H20O. The van der Waals surface area contributed by atoms with Gasteiger partial charge in [0.25, 0.3) is 0 Å². The monoisotopic (exact) mass is 216 g/mol. The van der Waals surface area contributed by atoms with Crippen LogP contribution in [0.25, 0.3) is 6.08 Å². The van der Waals surface area contributed by atoms with Gasteiger partial charge in [0.05, 0.1) is 6.26 Å². The zero-order valence-electron chi connectivity index (χ0n) is 10.4. The Morgan fingerprint density at radius 3 is 2.75 bits per heavy atom. The van der Waals surface area contributed by atoms with E-state index in [2.05, 4.69) is 32.9 Å². The lowest BCUT2D eigenvalue weighted by atomic mass is 10.1. The molecule has 1 aromatic heterocycles. The average molecular weight is 216 g/mol. The number of hydrogen-bond donors (Lipinski definition) is 0. The average Bonchev–Trinajstić information content (AvgIpc) is 2.70. The van der Waals surface area contributed by atoms with E-state index in [1.807, 2.05) is 24.3 Å². The molecule has 1 aromatic rings. The molecule has 0 spiro atoms. The lowest BCUT2D eigenvalue weighted by molar-refractivity contribution is 0.557. The Morgan fingerprint density at radius 1 is 1.31 bits per heavy atom. The van der Waals surface area contributed by atoms with Crippen LogP contribution >= 0.6 is 0 Å². The first kappa shape index (κ1) is 12.6. The molecule has 1 nitrogen and oxygen atoms in total. The Kier molecular flexibility index (Phi) is 5.41. The van der Waals surface area contributed by atoms with E-state index in [-0.39, 0.29) is 0 Å². The summed E-state index contributed by atoms with van der Waals surface area (Å²) in [5, 5.41) is 0. The van der Waals surface area contributed by atoms with Crippen LogP contribution in [0.4, 0.5) is 0 Å². The molecule has 0 saturated heterocycles. The predicted octanol–water partition coefficient (Wildman–Crippen LogP) is 4.99. The fourth-order valence-electron chi connectivity index (χ4n) is 1.37. The second-order valence-electron chi connectivity index (χ2n) is 4.21. The normalized spacial score (nSPS) is 12.1. The Labute approximate surface area is 98.2 Å². The minimum absolute atomic E-state index is 0.897. The third-order valence-electron chi connectivity index (χ3n) is 2.28. The van der Waals surface area contributed by atoms with Gasteiger partial charge in [-0.2, -0.15) is 0 Å². The van der Waals surface area contributed by atoms with Gasteiger partial charge in [0.1, 0.15) is 5.76 Å². The molecule has 0 aromatic carbocycles. The van der Waals surface area contributed by atoms with Gasteiger partial charge in [0.15, 0.2) is 0 Å². The third-order valence-corrected chi connectivity index (χ3v) is 2.28. The Bertz CT molecular complexity index is 374. The number of furan rings is 1. The maximum absolute atomic E-state index is 5.20. The van der Waals surface area contributed by atoms with Crippen molar-refractivity contribution in [3.63, 3.8) is 0 Å². The van der Waals surface area contributed by atoms with Crippen molar-refractivity contribution in [2.75, 3.05) is 0 Å². The topological polar surface area (TPSA) is 13.1 Å². The Balaban J connectivity index is 2.36. The molecule has 0 unspecified atom stereocenters. The van der Waals surface area contributed by atoms with Crippen LogP contribution in [0, 0.1) is 0 Å². The quantitative estimate of drug-likeness (QED) is 0.499. The summed E-state index contributed by atoms with van der Waals surface area (Å²) >= 11 is 0. The predicted molar refractivity (Wildman–Crippen MR) is 70.2 cm³/mol. The van der Waals surface area contributed by atoms with Crippen molar-refractivity contribution < 1.29 is 4.42 Å². The first-order valence-corrected chi connectivity index (χ1v) is 5.69. The maximum Gasteiger partial charge on any atom is 0.126 e. The van der Waals surface area contributed by atoms with Gasteiger partial charge in [-0.3, -0.25) is 0 Å². The van der Waals surface area contributed by atoms with Crippen molar-refractivity contribution in [2.45, 2.75) is 33.6 Å². The van der Waals surface area contributed by atoms with Crippen molar-refractivity contribution in [1.29, 1.82) is 0 Å². The molecule has 0 N–H and O–H groups in total. The molecule has 0 aliphatic rings. The molecule has 1 heterocycles. The van der Waals surface area contributed by atoms with E-state index in [0.29, 0.717) is 0 Å². The number of allylic oxidation sites excluding steroid dienone is 5. The molecule has 0 radical (unpaired) electrons. The molecule has 0 fully saturated rings. The Morgan fingerprint density at radius 2 is 2.12 bits per heavy atom. The second kappa shape index (κ2) is 6.89. The molecule has 1 heteroatoms. The molecule has 0 aliphatic carbocycles. The highest BCUT2D eigenvalue weighted by molar-refractivity contribution is 5.45. The molecule has 0 amide bonds. The smallest absolute Gasteiger partial charge is 0.126 e. The van der Waals surface area contributed by atoms with Crippen molar-refractivity contribution in [1.82, 2.24) is 0 Å². The summed E-state index contributed by atoms with van der Waals surface area (Å²) in [6.45, 7) is 6.43. The fourth-order valence-corrected chi connectivity index (χ4v) is 1.37. The maximum atomic E-state index is 5.20. The second-order valence-corrected chi connectivity index (χ2v) is 4.21. The van der Waals surface area contributed by atoms with Crippen LogP contribution in [0.1, 0.15) is 39.4 Å². The van der Waals surface area contributed by atoms with Gasteiger partial charge in [-0.1, -0.05) is 29.4 Å². The first-order valence-electron chi connectivity index (χ1n) is 5.69. The van der Waals surface area contributed by atoms with Gasteiger partial charge in [0.2, 0.25) is 0 Å². The van der Waals surface area contributed by atoms with Crippen molar-refractivity contribution in [2.24, 2.45) is 0 Å². The van der Waals surface area contributed by atoms with Crippen LogP contribution in [0.15, 0.2) is 52.2 Å². The SMILES string of the molecule is CC(C)=CCCC(C)=CC=Cc1ccco1. The number of rotatable bonds is 5. The van der Waals surface area contributed by atoms with Crippen LogP contribution in [0.5, 0.6) is 0 Å². The van der Waals surface area contributed by atoms with Crippen LogP contribution in [-0.2, 0) is 0 Å². The molecular weight excluding hydrogens is 196 g/mol. The zero-order chi connectivity index (χ0) is 11.8. The summed E-state index contributed by atoms with van der Waals surface area (Å²) in [6, 6.07) is 3.84. The standard InChI is InChI=1S/C15H20O/c1-13(2)7-4-8-14(3)9-5-10-15-11-6-12-16-15/h5-7,9-12H,4,8H2,1-3H3. The molecule has 16 heavy (non-hydrogen) atoms. The van der Waals surface area contributed by atoms with Gasteiger partial charge in [-0.05, 0) is 51.8 Å². The first-order chi connectivity index (χ1) is 7.68. The zero-order valence-corrected chi connectivity index (χ0v) is 10.4. The largest absolute Gasteiger partial charge is 0.465 e. The van der Waals surface area contributed by atoms with Crippen molar-refractivity contribution in [3.05, 3.63) is 53.5 Å². The lowest BCUT2D eigenvalue weighted by Crippen LogP contribution is -1.75. The van der Waals surface area contributed by atoms with E-state index < -0.39 is 0 Å².